The van der Waals surface area contributed by atoms with E-state index in [1.54, 1.807) is 24.3 Å². The average Bonchev–Trinajstić information content (AvgIpc) is 2.58. The number of rotatable bonds is 5. The summed E-state index contributed by atoms with van der Waals surface area (Å²) >= 11 is 0. The van der Waals surface area contributed by atoms with Gasteiger partial charge in [0.2, 0.25) is 0 Å². The lowest BCUT2D eigenvalue weighted by molar-refractivity contribution is -0.118. The third kappa shape index (κ3) is 5.09. The SMILES string of the molecule is COC(=O)c1cccc(NC(=O)COc2cc(C)ccc2C(C)(C)C)c1. The lowest BCUT2D eigenvalue weighted by Crippen LogP contribution is -2.22. The zero-order chi connectivity index (χ0) is 19.3. The quantitative estimate of drug-likeness (QED) is 0.820. The summed E-state index contributed by atoms with van der Waals surface area (Å²) in [6, 6.07) is 12.6. The minimum atomic E-state index is -0.452. The summed E-state index contributed by atoms with van der Waals surface area (Å²) in [7, 11) is 1.32. The molecule has 0 spiro atoms. The van der Waals surface area contributed by atoms with Crippen molar-refractivity contribution >= 4 is 17.6 Å². The lowest BCUT2D eigenvalue weighted by atomic mass is 9.86. The van der Waals surface area contributed by atoms with Crippen molar-refractivity contribution in [2.75, 3.05) is 19.0 Å². The summed E-state index contributed by atoms with van der Waals surface area (Å²) in [4.78, 5) is 23.8. The van der Waals surface area contributed by atoms with Crippen LogP contribution in [0, 0.1) is 6.92 Å². The van der Waals surface area contributed by atoms with Gasteiger partial charge in [0.25, 0.3) is 5.91 Å². The molecule has 138 valence electrons. The average molecular weight is 355 g/mol. The van der Waals surface area contributed by atoms with Gasteiger partial charge in [0, 0.05) is 5.69 Å². The number of esters is 1. The molecule has 0 atom stereocenters. The molecule has 0 saturated heterocycles. The van der Waals surface area contributed by atoms with Crippen LogP contribution in [-0.2, 0) is 14.9 Å². The second-order valence-corrected chi connectivity index (χ2v) is 7.16. The molecule has 2 aromatic rings. The minimum absolute atomic E-state index is 0.0889. The third-order valence-electron chi connectivity index (χ3n) is 3.87. The van der Waals surface area contributed by atoms with Crippen LogP contribution in [0.15, 0.2) is 42.5 Å². The van der Waals surface area contributed by atoms with E-state index < -0.39 is 5.97 Å². The van der Waals surface area contributed by atoms with Crippen molar-refractivity contribution in [3.05, 3.63) is 59.2 Å². The second-order valence-electron chi connectivity index (χ2n) is 7.16. The molecule has 1 N–H and O–H groups in total. The molecule has 0 unspecified atom stereocenters. The van der Waals surface area contributed by atoms with E-state index in [0.29, 0.717) is 17.0 Å². The Kier molecular flexibility index (Phi) is 6.03. The zero-order valence-electron chi connectivity index (χ0n) is 15.9. The number of amides is 1. The van der Waals surface area contributed by atoms with Gasteiger partial charge in [-0.2, -0.15) is 0 Å². The molecule has 0 heterocycles. The van der Waals surface area contributed by atoms with Gasteiger partial charge in [-0.1, -0.05) is 39.0 Å². The Morgan fingerprint density at radius 1 is 1.08 bits per heavy atom. The normalized spacial score (nSPS) is 11.0. The topological polar surface area (TPSA) is 64.6 Å². The van der Waals surface area contributed by atoms with Gasteiger partial charge < -0.3 is 14.8 Å². The van der Waals surface area contributed by atoms with E-state index in [9.17, 15) is 9.59 Å². The maximum atomic E-state index is 12.2. The highest BCUT2D eigenvalue weighted by molar-refractivity contribution is 5.95. The second kappa shape index (κ2) is 8.04. The maximum Gasteiger partial charge on any atom is 0.337 e. The highest BCUT2D eigenvalue weighted by Crippen LogP contribution is 2.32. The predicted octanol–water partition coefficient (Wildman–Crippen LogP) is 4.10. The molecule has 0 saturated carbocycles. The molecule has 0 fully saturated rings. The largest absolute Gasteiger partial charge is 0.483 e. The third-order valence-corrected chi connectivity index (χ3v) is 3.87. The highest BCUT2D eigenvalue weighted by atomic mass is 16.5. The van der Waals surface area contributed by atoms with Gasteiger partial charge in [-0.05, 0) is 47.7 Å². The van der Waals surface area contributed by atoms with Crippen LogP contribution in [0.5, 0.6) is 5.75 Å². The molecule has 2 aromatic carbocycles. The molecule has 5 nitrogen and oxygen atoms in total. The van der Waals surface area contributed by atoms with Crippen LogP contribution >= 0.6 is 0 Å². The first-order chi connectivity index (χ1) is 12.2. The Labute approximate surface area is 154 Å². The lowest BCUT2D eigenvalue weighted by Gasteiger charge is -2.23. The van der Waals surface area contributed by atoms with Crippen LogP contribution in [0.1, 0.15) is 42.3 Å². The van der Waals surface area contributed by atoms with E-state index in [1.165, 1.54) is 7.11 Å². The van der Waals surface area contributed by atoms with Crippen molar-refractivity contribution < 1.29 is 19.1 Å². The van der Waals surface area contributed by atoms with Crippen molar-refractivity contribution in [1.82, 2.24) is 0 Å². The number of benzene rings is 2. The molecule has 0 aliphatic carbocycles. The number of aryl methyl sites for hydroxylation is 1. The molecule has 0 aliphatic heterocycles. The van der Waals surface area contributed by atoms with E-state index in [1.807, 2.05) is 25.1 Å². The molecule has 5 heteroatoms. The molecule has 0 radical (unpaired) electrons. The van der Waals surface area contributed by atoms with Crippen LogP contribution in [0.25, 0.3) is 0 Å². The number of hydrogen-bond donors (Lipinski definition) is 1. The van der Waals surface area contributed by atoms with E-state index in [2.05, 4.69) is 30.8 Å². The Bertz CT molecular complexity index is 806. The summed E-state index contributed by atoms with van der Waals surface area (Å²) < 4.78 is 10.5. The number of anilines is 1. The number of carbonyl (C=O) groups excluding carboxylic acids is 2. The molecule has 0 aliphatic rings. The van der Waals surface area contributed by atoms with Crippen molar-refractivity contribution in [3.63, 3.8) is 0 Å². The van der Waals surface area contributed by atoms with Gasteiger partial charge in [0.05, 0.1) is 12.7 Å². The van der Waals surface area contributed by atoms with Crippen LogP contribution in [0.2, 0.25) is 0 Å². The van der Waals surface area contributed by atoms with E-state index in [4.69, 9.17) is 4.74 Å². The number of hydrogen-bond acceptors (Lipinski definition) is 4. The van der Waals surface area contributed by atoms with Crippen LogP contribution in [-0.4, -0.2) is 25.6 Å². The van der Waals surface area contributed by atoms with E-state index >= 15 is 0 Å². The van der Waals surface area contributed by atoms with Gasteiger partial charge >= 0.3 is 5.97 Å². The van der Waals surface area contributed by atoms with Gasteiger partial charge in [-0.25, -0.2) is 4.79 Å². The van der Waals surface area contributed by atoms with Gasteiger partial charge in [-0.15, -0.1) is 0 Å². The fraction of sp³-hybridized carbons (Fsp3) is 0.333. The minimum Gasteiger partial charge on any atom is -0.483 e. The fourth-order valence-corrected chi connectivity index (χ4v) is 2.55. The summed E-state index contributed by atoms with van der Waals surface area (Å²) in [5, 5.41) is 2.73. The fourth-order valence-electron chi connectivity index (χ4n) is 2.55. The van der Waals surface area contributed by atoms with Crippen LogP contribution < -0.4 is 10.1 Å². The van der Waals surface area contributed by atoms with Gasteiger partial charge in [0.1, 0.15) is 5.75 Å². The number of nitrogens with one attached hydrogen (secondary N) is 1. The molecular formula is C21H25NO4. The molecule has 0 aromatic heterocycles. The first-order valence-electron chi connectivity index (χ1n) is 8.43. The number of ether oxygens (including phenoxy) is 2. The van der Waals surface area contributed by atoms with Crippen LogP contribution in [0.4, 0.5) is 5.69 Å². The summed E-state index contributed by atoms with van der Waals surface area (Å²) in [6.07, 6.45) is 0. The first-order valence-corrected chi connectivity index (χ1v) is 8.43. The predicted molar refractivity (Wildman–Crippen MR) is 102 cm³/mol. The van der Waals surface area contributed by atoms with E-state index in [-0.39, 0.29) is 17.9 Å². The van der Waals surface area contributed by atoms with Crippen molar-refractivity contribution in [2.45, 2.75) is 33.1 Å². The van der Waals surface area contributed by atoms with E-state index in [0.717, 1.165) is 11.1 Å². The smallest absolute Gasteiger partial charge is 0.337 e. The summed E-state index contributed by atoms with van der Waals surface area (Å²) in [5.74, 6) is -0.0451. The number of carbonyl (C=O) groups is 2. The summed E-state index contributed by atoms with van der Waals surface area (Å²) in [5.41, 5.74) is 2.92. The van der Waals surface area contributed by atoms with Gasteiger partial charge in [0.15, 0.2) is 6.61 Å². The Morgan fingerprint density at radius 2 is 1.81 bits per heavy atom. The molecular weight excluding hydrogens is 330 g/mol. The van der Waals surface area contributed by atoms with Gasteiger partial charge in [-0.3, -0.25) is 4.79 Å². The zero-order valence-corrected chi connectivity index (χ0v) is 15.9. The molecule has 2 rings (SSSR count). The maximum absolute atomic E-state index is 12.2. The Balaban J connectivity index is 2.06. The van der Waals surface area contributed by atoms with Crippen molar-refractivity contribution in [1.29, 1.82) is 0 Å². The van der Waals surface area contributed by atoms with Crippen LogP contribution in [0.3, 0.4) is 0 Å². The molecule has 0 bridgehead atoms. The number of methoxy groups -OCH3 is 1. The Hall–Kier alpha value is -2.82. The monoisotopic (exact) mass is 355 g/mol. The molecule has 1 amide bonds. The van der Waals surface area contributed by atoms with Crippen molar-refractivity contribution in [2.24, 2.45) is 0 Å². The summed E-state index contributed by atoms with van der Waals surface area (Å²) in [6.45, 7) is 8.17. The Morgan fingerprint density at radius 3 is 2.46 bits per heavy atom. The highest BCUT2D eigenvalue weighted by Gasteiger charge is 2.19. The standard InChI is InChI=1S/C21H25NO4/c1-14-9-10-17(21(2,3)4)18(11-14)26-13-19(23)22-16-8-6-7-15(12-16)20(24)25-5/h6-12H,13H2,1-5H3,(H,22,23). The molecule has 26 heavy (non-hydrogen) atoms. The van der Waals surface area contributed by atoms with Crippen molar-refractivity contribution in [3.8, 4) is 5.75 Å². The first kappa shape index (κ1) is 19.5.